The highest BCUT2D eigenvalue weighted by atomic mass is 16.6. The summed E-state index contributed by atoms with van der Waals surface area (Å²) in [4.78, 5) is 23.8. The molecule has 0 aliphatic carbocycles. The molecule has 7 nitrogen and oxygen atoms in total. The number of hydrogen-bond donors (Lipinski definition) is 2. The van der Waals surface area contributed by atoms with Crippen LogP contribution in [0.2, 0.25) is 0 Å². The number of carbonyl (C=O) groups is 2. The Kier molecular flexibility index (Phi) is 4.51. The van der Waals surface area contributed by atoms with E-state index in [-0.39, 0.29) is 18.2 Å². The van der Waals surface area contributed by atoms with Gasteiger partial charge in [-0.05, 0) is 46.6 Å². The average molecular weight is 324 g/mol. The molecule has 3 rings (SSSR count). The van der Waals surface area contributed by atoms with Crippen molar-refractivity contribution in [1.29, 1.82) is 0 Å². The highest BCUT2D eigenvalue weighted by Crippen LogP contribution is 2.13. The molecule has 1 heterocycles. The molecule has 3 aromatic rings. The summed E-state index contributed by atoms with van der Waals surface area (Å²) in [5.74, 6) is -0.697. The van der Waals surface area contributed by atoms with Gasteiger partial charge >= 0.3 is 0 Å². The van der Waals surface area contributed by atoms with Crippen molar-refractivity contribution in [2.24, 2.45) is 0 Å². The van der Waals surface area contributed by atoms with Crippen molar-refractivity contribution in [2.75, 3.05) is 5.32 Å². The van der Waals surface area contributed by atoms with Gasteiger partial charge in [0.25, 0.3) is 0 Å². The number of anilines is 1. The van der Waals surface area contributed by atoms with Gasteiger partial charge in [-0.2, -0.15) is 0 Å². The van der Waals surface area contributed by atoms with E-state index in [0.29, 0.717) is 23.3 Å². The smallest absolute Gasteiger partial charge is 0.233 e. The van der Waals surface area contributed by atoms with Crippen molar-refractivity contribution >= 4 is 28.5 Å². The third-order valence-corrected chi connectivity index (χ3v) is 3.55. The van der Waals surface area contributed by atoms with E-state index in [1.54, 1.807) is 18.2 Å². The Bertz CT molecular complexity index is 888. The van der Waals surface area contributed by atoms with Gasteiger partial charge in [0.05, 0.1) is 0 Å². The molecule has 0 atom stereocenters. The van der Waals surface area contributed by atoms with E-state index in [1.807, 2.05) is 31.2 Å². The lowest BCUT2D eigenvalue weighted by atomic mass is 10.2. The second kappa shape index (κ2) is 6.91. The zero-order valence-corrected chi connectivity index (χ0v) is 13.1. The van der Waals surface area contributed by atoms with Crippen LogP contribution in [0.1, 0.15) is 17.5 Å². The molecule has 0 fully saturated rings. The molecule has 0 saturated heterocycles. The third-order valence-electron chi connectivity index (χ3n) is 3.55. The van der Waals surface area contributed by atoms with Crippen LogP contribution in [0, 0.1) is 6.92 Å². The van der Waals surface area contributed by atoms with Crippen molar-refractivity contribution in [1.82, 2.24) is 15.6 Å². The fourth-order valence-corrected chi connectivity index (χ4v) is 2.25. The van der Waals surface area contributed by atoms with Gasteiger partial charge < -0.3 is 10.6 Å². The zero-order valence-electron chi connectivity index (χ0n) is 13.1. The number of nitrogens with zero attached hydrogens (tertiary/aromatic N) is 2. The highest BCUT2D eigenvalue weighted by molar-refractivity contribution is 6.03. The number of fused-ring (bicyclic) bond motifs is 1. The van der Waals surface area contributed by atoms with E-state index in [4.69, 9.17) is 0 Å². The quantitative estimate of drug-likeness (QED) is 0.701. The van der Waals surface area contributed by atoms with Crippen molar-refractivity contribution in [3.8, 4) is 0 Å². The summed E-state index contributed by atoms with van der Waals surface area (Å²) >= 11 is 0. The lowest BCUT2D eigenvalue weighted by Gasteiger charge is -2.08. The summed E-state index contributed by atoms with van der Waals surface area (Å²) in [6.07, 6.45) is -0.234. The number of aryl methyl sites for hydroxylation is 1. The first-order valence-corrected chi connectivity index (χ1v) is 7.45. The summed E-state index contributed by atoms with van der Waals surface area (Å²) in [5, 5.41) is 12.9. The Morgan fingerprint density at radius 1 is 1.04 bits per heavy atom. The molecule has 0 aliphatic rings. The fourth-order valence-electron chi connectivity index (χ4n) is 2.25. The monoisotopic (exact) mass is 324 g/mol. The molecule has 0 aliphatic heterocycles. The maximum Gasteiger partial charge on any atom is 0.233 e. The van der Waals surface area contributed by atoms with Crippen LogP contribution in [0.3, 0.4) is 0 Å². The number of nitrogens with one attached hydrogen (secondary N) is 2. The second-order valence-electron chi connectivity index (χ2n) is 5.40. The fraction of sp³-hybridized carbons (Fsp3) is 0.176. The number of rotatable bonds is 5. The van der Waals surface area contributed by atoms with Crippen LogP contribution in [-0.4, -0.2) is 22.1 Å². The van der Waals surface area contributed by atoms with Gasteiger partial charge in [-0.3, -0.25) is 9.59 Å². The Hall–Kier alpha value is -3.22. The molecular formula is C17H16N4O3. The predicted octanol–water partition coefficient (Wildman–Crippen LogP) is 2.18. The molecular weight excluding hydrogens is 308 g/mol. The second-order valence-corrected chi connectivity index (χ2v) is 5.40. The minimum absolute atomic E-state index is 0.234. The first kappa shape index (κ1) is 15.7. The molecule has 7 heteroatoms. The number of hydrogen-bond acceptors (Lipinski definition) is 5. The summed E-state index contributed by atoms with van der Waals surface area (Å²) in [6.45, 7) is 2.20. The third kappa shape index (κ3) is 3.75. The molecule has 122 valence electrons. The Morgan fingerprint density at radius 3 is 2.67 bits per heavy atom. The minimum Gasteiger partial charge on any atom is -0.352 e. The van der Waals surface area contributed by atoms with Crippen LogP contribution in [0.4, 0.5) is 5.69 Å². The highest BCUT2D eigenvalue weighted by Gasteiger charge is 2.11. The van der Waals surface area contributed by atoms with Gasteiger partial charge in [-0.1, -0.05) is 24.3 Å². The molecule has 2 aromatic carbocycles. The molecule has 0 saturated carbocycles. The van der Waals surface area contributed by atoms with E-state index in [1.165, 1.54) is 0 Å². The number of aromatic nitrogens is 2. The van der Waals surface area contributed by atoms with Crippen molar-refractivity contribution in [3.05, 3.63) is 53.6 Å². The SMILES string of the molecule is Cc1ccccc1NC(=O)CC(=O)NCc1ccc2nonc2c1. The lowest BCUT2D eigenvalue weighted by molar-refractivity contribution is -0.126. The molecule has 0 bridgehead atoms. The summed E-state index contributed by atoms with van der Waals surface area (Å²) in [5.41, 5.74) is 3.78. The van der Waals surface area contributed by atoms with Crippen LogP contribution < -0.4 is 10.6 Å². The van der Waals surface area contributed by atoms with Crippen molar-refractivity contribution in [3.63, 3.8) is 0 Å². The molecule has 0 spiro atoms. The number of amides is 2. The van der Waals surface area contributed by atoms with Gasteiger partial charge in [0.15, 0.2) is 0 Å². The zero-order chi connectivity index (χ0) is 16.9. The normalized spacial score (nSPS) is 10.5. The largest absolute Gasteiger partial charge is 0.352 e. The number of para-hydroxylation sites is 1. The maximum absolute atomic E-state index is 11.9. The molecule has 0 radical (unpaired) electrons. The summed E-state index contributed by atoms with van der Waals surface area (Å²) < 4.78 is 4.62. The van der Waals surface area contributed by atoms with Crippen LogP contribution >= 0.6 is 0 Å². The van der Waals surface area contributed by atoms with E-state index in [9.17, 15) is 9.59 Å². The first-order valence-electron chi connectivity index (χ1n) is 7.45. The lowest BCUT2D eigenvalue weighted by Crippen LogP contribution is -2.27. The van der Waals surface area contributed by atoms with Crippen LogP contribution in [0.25, 0.3) is 11.0 Å². The molecule has 2 N–H and O–H groups in total. The topological polar surface area (TPSA) is 97.1 Å². The van der Waals surface area contributed by atoms with E-state index in [0.717, 1.165) is 11.1 Å². The Morgan fingerprint density at radius 2 is 1.83 bits per heavy atom. The molecule has 24 heavy (non-hydrogen) atoms. The predicted molar refractivity (Wildman–Crippen MR) is 88.1 cm³/mol. The Labute approximate surface area is 138 Å². The van der Waals surface area contributed by atoms with Gasteiger partial charge in [-0.15, -0.1) is 0 Å². The first-order chi connectivity index (χ1) is 11.6. The number of carbonyl (C=O) groups excluding carboxylic acids is 2. The summed E-state index contributed by atoms with van der Waals surface area (Å²) in [6, 6.07) is 12.8. The van der Waals surface area contributed by atoms with Crippen molar-refractivity contribution in [2.45, 2.75) is 19.9 Å². The minimum atomic E-state index is -0.349. The van der Waals surface area contributed by atoms with Gasteiger partial charge in [0.2, 0.25) is 11.8 Å². The van der Waals surface area contributed by atoms with E-state index in [2.05, 4.69) is 25.6 Å². The van der Waals surface area contributed by atoms with Crippen LogP contribution in [-0.2, 0) is 16.1 Å². The Balaban J connectivity index is 1.51. The van der Waals surface area contributed by atoms with Gasteiger partial charge in [0.1, 0.15) is 17.5 Å². The van der Waals surface area contributed by atoms with Gasteiger partial charge in [0, 0.05) is 12.2 Å². The van der Waals surface area contributed by atoms with E-state index >= 15 is 0 Å². The molecule has 0 unspecified atom stereocenters. The van der Waals surface area contributed by atoms with Gasteiger partial charge in [-0.25, -0.2) is 4.63 Å². The number of benzene rings is 2. The maximum atomic E-state index is 11.9. The average Bonchev–Trinajstić information content (AvgIpc) is 3.02. The van der Waals surface area contributed by atoms with Crippen molar-refractivity contribution < 1.29 is 14.2 Å². The molecule has 2 amide bonds. The van der Waals surface area contributed by atoms with Crippen LogP contribution in [0.5, 0.6) is 0 Å². The summed E-state index contributed by atoms with van der Waals surface area (Å²) in [7, 11) is 0. The standard InChI is InChI=1S/C17H16N4O3/c1-11-4-2-3-5-13(11)19-17(23)9-16(22)18-10-12-6-7-14-15(8-12)21-24-20-14/h2-8H,9-10H2,1H3,(H,18,22)(H,19,23). The molecule has 1 aromatic heterocycles. The van der Waals surface area contributed by atoms with Crippen LogP contribution in [0.15, 0.2) is 47.1 Å². The van der Waals surface area contributed by atoms with E-state index < -0.39 is 0 Å².